The molecule has 2 fully saturated rings. The average molecular weight is 444 g/mol. The molecule has 1 unspecified atom stereocenters. The molecular weight excluding hydrogens is 410 g/mol. The van der Waals surface area contributed by atoms with E-state index >= 15 is 0 Å². The standard InChI is InChI=1S/C24H33N3O3S/c1-4-27-21-9-6-5-8-18(21)16-22(27)24(29)26-10-7-12-31(30,13-11-26)25-23(28)20-15-19(20)14-17(2)3/h5-6,8-9,16-17,19-20H,4,7,10-15H2,1-3H3/t19-,20-,31?/m1/s1. The molecular formula is C24H33N3O3S. The van der Waals surface area contributed by atoms with Gasteiger partial charge in [-0.25, -0.2) is 4.21 Å². The fourth-order valence-electron chi connectivity index (χ4n) is 4.78. The number of para-hydroxylation sites is 1. The summed E-state index contributed by atoms with van der Waals surface area (Å²) in [5, 5.41) is 1.05. The first kappa shape index (κ1) is 22.1. The minimum atomic E-state index is -2.60. The van der Waals surface area contributed by atoms with Gasteiger partial charge in [-0.2, -0.15) is 4.36 Å². The minimum Gasteiger partial charge on any atom is -0.337 e. The maximum Gasteiger partial charge on any atom is 0.270 e. The Labute approximate surface area is 185 Å². The lowest BCUT2D eigenvalue weighted by atomic mass is 10.1. The van der Waals surface area contributed by atoms with Crippen LogP contribution in [0.15, 0.2) is 34.7 Å². The van der Waals surface area contributed by atoms with Crippen LogP contribution in [0, 0.1) is 17.8 Å². The second-order valence-corrected chi connectivity index (χ2v) is 11.9. The molecule has 3 atom stereocenters. The largest absolute Gasteiger partial charge is 0.337 e. The average Bonchev–Trinajstić information content (AvgIpc) is 3.42. The Bertz CT molecular complexity index is 1110. The van der Waals surface area contributed by atoms with Gasteiger partial charge in [0.15, 0.2) is 0 Å². The SMILES string of the molecule is CCn1c(C(=O)N2CCCS(=O)(=NC(=O)[C@@H]3C[C@H]3CC(C)C)CC2)cc2ccccc21. The number of hydrogen-bond acceptors (Lipinski definition) is 3. The van der Waals surface area contributed by atoms with Gasteiger partial charge in [0.05, 0.1) is 9.73 Å². The van der Waals surface area contributed by atoms with Crippen LogP contribution in [0.4, 0.5) is 0 Å². The highest BCUT2D eigenvalue weighted by Gasteiger charge is 2.43. The summed E-state index contributed by atoms with van der Waals surface area (Å²) in [7, 11) is -2.60. The number of nitrogens with zero attached hydrogens (tertiary/aromatic N) is 3. The lowest BCUT2D eigenvalue weighted by molar-refractivity contribution is -0.119. The van der Waals surface area contributed by atoms with Gasteiger partial charge in [0.2, 0.25) is 0 Å². The monoisotopic (exact) mass is 443 g/mol. The number of carbonyl (C=O) groups is 2. The van der Waals surface area contributed by atoms with Crippen molar-refractivity contribution in [2.75, 3.05) is 24.6 Å². The van der Waals surface area contributed by atoms with E-state index < -0.39 is 9.73 Å². The first-order valence-electron chi connectivity index (χ1n) is 11.4. The van der Waals surface area contributed by atoms with Gasteiger partial charge < -0.3 is 9.47 Å². The highest BCUT2D eigenvalue weighted by Crippen LogP contribution is 2.44. The van der Waals surface area contributed by atoms with Crippen molar-refractivity contribution in [3.63, 3.8) is 0 Å². The van der Waals surface area contributed by atoms with Crippen molar-refractivity contribution in [2.45, 2.75) is 46.6 Å². The van der Waals surface area contributed by atoms with Gasteiger partial charge in [0.1, 0.15) is 5.69 Å². The normalized spacial score (nSPS) is 26.1. The number of hydrogen-bond donors (Lipinski definition) is 0. The molecule has 6 nitrogen and oxygen atoms in total. The Morgan fingerprint density at radius 1 is 1.19 bits per heavy atom. The quantitative estimate of drug-likeness (QED) is 0.696. The zero-order valence-corrected chi connectivity index (χ0v) is 19.6. The van der Waals surface area contributed by atoms with E-state index in [1.54, 1.807) is 4.90 Å². The van der Waals surface area contributed by atoms with Crippen LogP contribution in [0.25, 0.3) is 10.9 Å². The molecule has 1 aromatic carbocycles. The highest BCUT2D eigenvalue weighted by molar-refractivity contribution is 7.93. The second-order valence-electron chi connectivity index (χ2n) is 9.32. The molecule has 0 N–H and O–H groups in total. The van der Waals surface area contributed by atoms with Crippen molar-refractivity contribution in [3.8, 4) is 0 Å². The molecule has 168 valence electrons. The molecule has 4 rings (SSSR count). The Kier molecular flexibility index (Phi) is 6.24. The second kappa shape index (κ2) is 8.77. The third kappa shape index (κ3) is 4.71. The Balaban J connectivity index is 1.47. The Morgan fingerprint density at radius 2 is 1.97 bits per heavy atom. The number of aryl methyl sites for hydroxylation is 1. The van der Waals surface area contributed by atoms with Gasteiger partial charge in [-0.1, -0.05) is 32.0 Å². The summed E-state index contributed by atoms with van der Waals surface area (Å²) in [6.07, 6.45) is 2.51. The number of benzene rings is 1. The van der Waals surface area contributed by atoms with Crippen LogP contribution in [0.2, 0.25) is 0 Å². The number of aromatic nitrogens is 1. The molecule has 1 saturated heterocycles. The van der Waals surface area contributed by atoms with Crippen LogP contribution in [-0.2, 0) is 21.1 Å². The van der Waals surface area contributed by atoms with Crippen molar-refractivity contribution < 1.29 is 13.8 Å². The van der Waals surface area contributed by atoms with Crippen molar-refractivity contribution >= 4 is 32.4 Å². The maximum atomic E-state index is 13.3. The van der Waals surface area contributed by atoms with E-state index in [1.165, 1.54) is 0 Å². The molecule has 2 heterocycles. The molecule has 0 bridgehead atoms. The van der Waals surface area contributed by atoms with Gasteiger partial charge >= 0.3 is 0 Å². The summed E-state index contributed by atoms with van der Waals surface area (Å²) in [5.74, 6) is 1.38. The van der Waals surface area contributed by atoms with E-state index in [-0.39, 0.29) is 23.5 Å². The van der Waals surface area contributed by atoms with Gasteiger partial charge in [0, 0.05) is 48.0 Å². The Morgan fingerprint density at radius 3 is 2.71 bits per heavy atom. The molecule has 2 aliphatic rings. The first-order chi connectivity index (χ1) is 14.8. The summed E-state index contributed by atoms with van der Waals surface area (Å²) < 4.78 is 19.6. The van der Waals surface area contributed by atoms with Gasteiger partial charge in [-0.05, 0) is 50.2 Å². The predicted octanol–water partition coefficient (Wildman–Crippen LogP) is 4.18. The lowest BCUT2D eigenvalue weighted by Crippen LogP contribution is -2.34. The molecule has 0 radical (unpaired) electrons. The van der Waals surface area contributed by atoms with Crippen LogP contribution in [0.3, 0.4) is 0 Å². The third-order valence-electron chi connectivity index (χ3n) is 6.47. The molecule has 1 aliphatic carbocycles. The van der Waals surface area contributed by atoms with Crippen LogP contribution < -0.4 is 0 Å². The van der Waals surface area contributed by atoms with Crippen molar-refractivity contribution in [1.82, 2.24) is 9.47 Å². The predicted molar refractivity (Wildman–Crippen MR) is 124 cm³/mol. The zero-order valence-electron chi connectivity index (χ0n) is 18.8. The van der Waals surface area contributed by atoms with E-state index in [4.69, 9.17) is 0 Å². The van der Waals surface area contributed by atoms with E-state index in [9.17, 15) is 13.8 Å². The third-order valence-corrected chi connectivity index (χ3v) is 8.73. The van der Waals surface area contributed by atoms with Crippen LogP contribution in [0.5, 0.6) is 0 Å². The summed E-state index contributed by atoms with van der Waals surface area (Å²) in [4.78, 5) is 27.7. The Hall–Kier alpha value is -2.15. The summed E-state index contributed by atoms with van der Waals surface area (Å²) in [6, 6.07) is 9.94. The molecule has 1 aliphatic heterocycles. The van der Waals surface area contributed by atoms with E-state index in [2.05, 4.69) is 18.2 Å². The van der Waals surface area contributed by atoms with Crippen LogP contribution in [-0.4, -0.2) is 50.1 Å². The first-order valence-corrected chi connectivity index (χ1v) is 13.3. The minimum absolute atomic E-state index is 0.0350. The van der Waals surface area contributed by atoms with Gasteiger partial charge in [0.25, 0.3) is 11.8 Å². The number of amides is 2. The topological polar surface area (TPSA) is 71.7 Å². The van der Waals surface area contributed by atoms with Crippen molar-refractivity contribution in [1.29, 1.82) is 0 Å². The zero-order chi connectivity index (χ0) is 22.2. The number of carbonyl (C=O) groups excluding carboxylic acids is 2. The summed E-state index contributed by atoms with van der Waals surface area (Å²) in [5.41, 5.74) is 1.72. The lowest BCUT2D eigenvalue weighted by Gasteiger charge is -2.20. The van der Waals surface area contributed by atoms with Gasteiger partial charge in [-0.15, -0.1) is 0 Å². The van der Waals surface area contributed by atoms with Crippen LogP contribution >= 0.6 is 0 Å². The van der Waals surface area contributed by atoms with E-state index in [0.29, 0.717) is 49.3 Å². The molecule has 2 aromatic rings. The van der Waals surface area contributed by atoms with E-state index in [0.717, 1.165) is 23.7 Å². The molecule has 7 heteroatoms. The number of rotatable bonds is 5. The number of fused-ring (bicyclic) bond motifs is 1. The fraction of sp³-hybridized carbons (Fsp3) is 0.583. The molecule has 1 aromatic heterocycles. The van der Waals surface area contributed by atoms with Gasteiger partial charge in [-0.3, -0.25) is 9.59 Å². The van der Waals surface area contributed by atoms with Crippen molar-refractivity contribution in [3.05, 3.63) is 36.0 Å². The molecule has 1 saturated carbocycles. The fourth-order valence-corrected chi connectivity index (χ4v) is 6.72. The summed E-state index contributed by atoms with van der Waals surface area (Å²) >= 11 is 0. The van der Waals surface area contributed by atoms with Crippen molar-refractivity contribution in [2.24, 2.45) is 22.1 Å². The van der Waals surface area contributed by atoms with E-state index in [1.807, 2.05) is 41.8 Å². The smallest absolute Gasteiger partial charge is 0.270 e. The summed E-state index contributed by atoms with van der Waals surface area (Å²) in [6.45, 7) is 7.98. The van der Waals surface area contributed by atoms with Crippen LogP contribution in [0.1, 0.15) is 50.5 Å². The molecule has 2 amide bonds. The highest BCUT2D eigenvalue weighted by atomic mass is 32.2. The molecule has 31 heavy (non-hydrogen) atoms. The maximum absolute atomic E-state index is 13.3. The molecule has 0 spiro atoms.